The van der Waals surface area contributed by atoms with Crippen molar-refractivity contribution < 1.29 is 8.42 Å². The first kappa shape index (κ1) is 14.7. The minimum absolute atomic E-state index is 0.0766. The molecule has 108 valence electrons. The zero-order valence-corrected chi connectivity index (χ0v) is 14.2. The predicted octanol–water partition coefficient (Wildman–Crippen LogP) is 3.91. The van der Waals surface area contributed by atoms with Gasteiger partial charge in [-0.15, -0.1) is 0 Å². The molecule has 0 aliphatic rings. The van der Waals surface area contributed by atoms with E-state index in [2.05, 4.69) is 29.4 Å². The van der Waals surface area contributed by atoms with Crippen LogP contribution in [-0.2, 0) is 10.0 Å². The molecule has 1 heterocycles. The smallest absolute Gasteiger partial charge is 0.264 e. The van der Waals surface area contributed by atoms with Gasteiger partial charge in [0.05, 0.1) is 22.4 Å². The Morgan fingerprint density at radius 3 is 2.76 bits per heavy atom. The lowest BCUT2D eigenvalue weighted by Crippen LogP contribution is -2.13. The van der Waals surface area contributed by atoms with Gasteiger partial charge in [0.15, 0.2) is 0 Å². The Labute approximate surface area is 138 Å². The number of nitrogens with one attached hydrogen (secondary N) is 1. The van der Waals surface area contributed by atoms with E-state index >= 15 is 0 Å². The van der Waals surface area contributed by atoms with Crippen LogP contribution in [0.2, 0.25) is 5.02 Å². The van der Waals surface area contributed by atoms with Crippen molar-refractivity contribution in [2.75, 3.05) is 4.72 Å². The third-order valence-corrected chi connectivity index (χ3v) is 5.46. The fraction of sp³-hybridized carbons (Fsp3) is 0. The molecule has 0 bridgehead atoms. The molecule has 0 saturated heterocycles. The summed E-state index contributed by atoms with van der Waals surface area (Å²) in [5, 5.41) is 0.302. The van der Waals surface area contributed by atoms with E-state index in [0.29, 0.717) is 21.7 Å². The molecule has 0 radical (unpaired) electrons. The zero-order chi connectivity index (χ0) is 15.0. The number of benzene rings is 2. The maximum absolute atomic E-state index is 12.5. The summed E-state index contributed by atoms with van der Waals surface area (Å²) in [6.45, 7) is 0. The highest BCUT2D eigenvalue weighted by atomic mass is 79.9. The molecule has 2 aromatic carbocycles. The monoisotopic (exact) mass is 403 g/mol. The van der Waals surface area contributed by atoms with Gasteiger partial charge >= 0.3 is 0 Å². The van der Waals surface area contributed by atoms with Crippen LogP contribution in [0.25, 0.3) is 11.0 Å². The number of nitrogens with zero attached hydrogens (tertiary/aromatic N) is 2. The Balaban J connectivity index is 2.06. The molecule has 3 aromatic rings. The summed E-state index contributed by atoms with van der Waals surface area (Å²) in [5.41, 5.74) is 1.20. The Morgan fingerprint density at radius 2 is 2.00 bits per heavy atom. The van der Waals surface area contributed by atoms with Gasteiger partial charge < -0.3 is 0 Å². The molecule has 5 nitrogen and oxygen atoms in total. The Kier molecular flexibility index (Phi) is 3.87. The second-order valence-corrected chi connectivity index (χ2v) is 7.62. The maximum Gasteiger partial charge on any atom is 0.264 e. The van der Waals surface area contributed by atoms with Crippen molar-refractivity contribution in [1.29, 1.82) is 0 Å². The van der Waals surface area contributed by atoms with E-state index in [1.807, 2.05) is 0 Å². The van der Waals surface area contributed by atoms with Gasteiger partial charge in [0, 0.05) is 4.47 Å². The number of rotatable bonds is 3. The van der Waals surface area contributed by atoms with Gasteiger partial charge in [0.2, 0.25) is 0 Å². The molecular formula is C12H7BrClN3O2S2. The summed E-state index contributed by atoms with van der Waals surface area (Å²) < 4.78 is 36.3. The van der Waals surface area contributed by atoms with Crippen LogP contribution in [0.4, 0.5) is 5.69 Å². The van der Waals surface area contributed by atoms with Gasteiger partial charge in [0.25, 0.3) is 10.0 Å². The first-order valence-corrected chi connectivity index (χ1v) is 9.05. The van der Waals surface area contributed by atoms with E-state index in [0.717, 1.165) is 16.2 Å². The number of aromatic nitrogens is 2. The van der Waals surface area contributed by atoms with Crippen LogP contribution < -0.4 is 4.72 Å². The van der Waals surface area contributed by atoms with Crippen molar-refractivity contribution in [2.45, 2.75) is 4.90 Å². The summed E-state index contributed by atoms with van der Waals surface area (Å²) in [4.78, 5) is 0.0766. The van der Waals surface area contributed by atoms with E-state index in [4.69, 9.17) is 11.6 Å². The summed E-state index contributed by atoms with van der Waals surface area (Å²) in [6.07, 6.45) is 0. The van der Waals surface area contributed by atoms with Crippen molar-refractivity contribution in [1.82, 2.24) is 8.75 Å². The van der Waals surface area contributed by atoms with Crippen LogP contribution in [0.15, 0.2) is 45.8 Å². The van der Waals surface area contributed by atoms with E-state index in [1.165, 1.54) is 6.07 Å². The summed E-state index contributed by atoms with van der Waals surface area (Å²) in [7, 11) is -3.79. The van der Waals surface area contributed by atoms with Crippen molar-refractivity contribution in [3.8, 4) is 0 Å². The molecule has 1 N–H and O–H groups in total. The molecular weight excluding hydrogens is 398 g/mol. The SMILES string of the molecule is O=S(=O)(Nc1ccc(Br)cc1Cl)c1cccc2nsnc12. The van der Waals surface area contributed by atoms with Crippen molar-refractivity contribution >= 4 is 66.0 Å². The highest BCUT2D eigenvalue weighted by molar-refractivity contribution is 9.10. The van der Waals surface area contributed by atoms with Crippen molar-refractivity contribution in [3.63, 3.8) is 0 Å². The van der Waals surface area contributed by atoms with Gasteiger partial charge in [-0.2, -0.15) is 8.75 Å². The average Bonchev–Trinajstić information content (AvgIpc) is 2.90. The lowest BCUT2D eigenvalue weighted by atomic mass is 10.3. The third-order valence-electron chi connectivity index (χ3n) is 2.71. The number of hydrogen-bond acceptors (Lipinski definition) is 5. The third kappa shape index (κ3) is 2.89. The molecule has 0 atom stereocenters. The number of halogens is 2. The Morgan fingerprint density at radius 1 is 1.19 bits per heavy atom. The van der Waals surface area contributed by atoms with Crippen LogP contribution in [0, 0.1) is 0 Å². The summed E-state index contributed by atoms with van der Waals surface area (Å²) in [6, 6.07) is 9.73. The van der Waals surface area contributed by atoms with E-state index in [9.17, 15) is 8.42 Å². The first-order valence-electron chi connectivity index (χ1n) is 5.66. The van der Waals surface area contributed by atoms with Gasteiger partial charge in [-0.3, -0.25) is 4.72 Å². The van der Waals surface area contributed by atoms with E-state index in [-0.39, 0.29) is 4.90 Å². The number of sulfonamides is 1. The maximum atomic E-state index is 12.5. The van der Waals surface area contributed by atoms with Gasteiger partial charge in [0.1, 0.15) is 15.9 Å². The number of anilines is 1. The van der Waals surface area contributed by atoms with Crippen LogP contribution in [0.1, 0.15) is 0 Å². The molecule has 0 unspecified atom stereocenters. The molecule has 0 aliphatic heterocycles. The van der Waals surface area contributed by atoms with Crippen molar-refractivity contribution in [2.24, 2.45) is 0 Å². The van der Waals surface area contributed by atoms with E-state index < -0.39 is 10.0 Å². The number of hydrogen-bond donors (Lipinski definition) is 1. The highest BCUT2D eigenvalue weighted by Crippen LogP contribution is 2.29. The minimum atomic E-state index is -3.79. The fourth-order valence-corrected chi connectivity index (χ4v) is 4.39. The first-order chi connectivity index (χ1) is 9.97. The van der Waals surface area contributed by atoms with Gasteiger partial charge in [-0.1, -0.05) is 33.6 Å². The Bertz CT molecular complexity index is 927. The molecule has 0 saturated carbocycles. The normalized spacial score (nSPS) is 11.7. The molecule has 1 aromatic heterocycles. The quantitative estimate of drug-likeness (QED) is 0.718. The zero-order valence-electron chi connectivity index (χ0n) is 10.2. The lowest BCUT2D eigenvalue weighted by Gasteiger charge is -2.10. The topological polar surface area (TPSA) is 72.0 Å². The summed E-state index contributed by atoms with van der Waals surface area (Å²) >= 11 is 10.3. The molecule has 0 fully saturated rings. The molecule has 9 heteroatoms. The largest absolute Gasteiger partial charge is 0.278 e. The van der Waals surface area contributed by atoms with Crippen molar-refractivity contribution in [3.05, 3.63) is 45.9 Å². The lowest BCUT2D eigenvalue weighted by molar-refractivity contribution is 0.602. The minimum Gasteiger partial charge on any atom is -0.278 e. The number of fused-ring (bicyclic) bond motifs is 1. The Hall–Kier alpha value is -1.22. The van der Waals surface area contributed by atoms with Crippen LogP contribution in [0.5, 0.6) is 0 Å². The standard InChI is InChI=1S/C12H7BrClN3O2S2/c13-7-4-5-9(8(14)6-7)17-21(18,19)11-3-1-2-10-12(11)16-20-15-10/h1-6,17H. The fourth-order valence-electron chi connectivity index (χ4n) is 1.77. The molecule has 3 rings (SSSR count). The van der Waals surface area contributed by atoms with Gasteiger partial charge in [-0.05, 0) is 30.3 Å². The molecule has 0 amide bonds. The van der Waals surface area contributed by atoms with Gasteiger partial charge in [-0.25, -0.2) is 8.42 Å². The second-order valence-electron chi connectivity index (χ2n) is 4.12. The molecule has 0 aliphatic carbocycles. The van der Waals surface area contributed by atoms with Crippen LogP contribution in [-0.4, -0.2) is 17.2 Å². The molecule has 0 spiro atoms. The summed E-state index contributed by atoms with van der Waals surface area (Å²) in [5.74, 6) is 0. The molecule has 21 heavy (non-hydrogen) atoms. The van der Waals surface area contributed by atoms with Crippen LogP contribution >= 0.6 is 39.3 Å². The highest BCUT2D eigenvalue weighted by Gasteiger charge is 2.20. The van der Waals surface area contributed by atoms with E-state index in [1.54, 1.807) is 30.3 Å². The van der Waals surface area contributed by atoms with Crippen LogP contribution in [0.3, 0.4) is 0 Å². The second kappa shape index (κ2) is 5.53. The average molecular weight is 405 g/mol. The predicted molar refractivity (Wildman–Crippen MR) is 87.4 cm³/mol.